The number of piperazine rings is 2. The SMILES string of the molecule is CC(C)(C)OC(=O)N1CCN([C-]=N)CC1.CC(C)(C)OC(=O)N1CCNCC1.CO[C-]=N.[W].[W]. The molecule has 2 rings (SSSR count). The number of carbonyl (C=O) groups is 2. The topological polar surface area (TPSA) is 131 Å². The molecular weight excluding hydrogens is 784 g/mol. The van der Waals surface area contributed by atoms with Gasteiger partial charge in [-0.2, -0.15) is 0 Å². The van der Waals surface area contributed by atoms with E-state index in [0.717, 1.165) is 26.2 Å². The van der Waals surface area contributed by atoms with Crippen LogP contribution >= 0.6 is 0 Å². The zero-order valence-corrected chi connectivity index (χ0v) is 27.2. The molecule has 2 aliphatic rings. The minimum Gasteiger partial charge on any atom is -0.677 e. The van der Waals surface area contributed by atoms with Crippen LogP contribution in [0, 0.1) is 10.8 Å². The predicted molar refractivity (Wildman–Crippen MR) is 123 cm³/mol. The van der Waals surface area contributed by atoms with Gasteiger partial charge in [0.1, 0.15) is 11.2 Å². The Morgan fingerprint density at radius 3 is 1.41 bits per heavy atom. The fraction of sp³-hybridized carbons (Fsp3) is 0.810. The number of amides is 2. The minimum absolute atomic E-state index is 0. The molecule has 0 saturated carbocycles. The van der Waals surface area contributed by atoms with Gasteiger partial charge in [0.2, 0.25) is 0 Å². The van der Waals surface area contributed by atoms with Crippen LogP contribution in [0.5, 0.6) is 0 Å². The van der Waals surface area contributed by atoms with Gasteiger partial charge in [0.15, 0.2) is 0 Å². The van der Waals surface area contributed by atoms with Crippen molar-refractivity contribution in [2.24, 2.45) is 0 Å². The molecule has 2 saturated heterocycles. The third kappa shape index (κ3) is 19.2. The molecule has 0 aromatic rings. The number of nitrogens with one attached hydrogen (secondary N) is 3. The monoisotopic (exact) mass is 824 g/mol. The van der Waals surface area contributed by atoms with E-state index in [4.69, 9.17) is 20.3 Å². The number of carbonyl (C=O) groups excluding carboxylic acids is 2. The van der Waals surface area contributed by atoms with E-state index in [2.05, 4.69) is 16.4 Å². The molecule has 2 heterocycles. The van der Waals surface area contributed by atoms with E-state index < -0.39 is 5.60 Å². The Hall–Kier alpha value is -1.18. The first kappa shape index (κ1) is 37.4. The van der Waals surface area contributed by atoms with Gasteiger partial charge in [-0.1, -0.05) is 0 Å². The van der Waals surface area contributed by atoms with Gasteiger partial charge in [0.05, 0.1) is 0 Å². The van der Waals surface area contributed by atoms with Crippen molar-refractivity contribution in [3.8, 4) is 0 Å². The van der Waals surface area contributed by atoms with E-state index in [-0.39, 0.29) is 59.9 Å². The largest absolute Gasteiger partial charge is 0.677 e. The average Bonchev–Trinajstić information content (AvgIpc) is 2.72. The first-order valence-electron chi connectivity index (χ1n) is 10.6. The van der Waals surface area contributed by atoms with Crippen LogP contribution in [0.1, 0.15) is 41.5 Å². The van der Waals surface area contributed by atoms with Gasteiger partial charge in [-0.3, -0.25) is 0 Å². The standard InChI is InChI=1S/C10H18N3O2.C9H18N2O2.C2H4NO.2W/c1-10(2,3)15-9(14)13-6-4-12(8-11)5-7-13;1-9(2,3)13-8(12)11-6-4-10-5-7-11;1-4-2-3;;/h11H,4-7H2,1-3H3;10H,4-7H2,1-3H3;3H,1H3;;/q-1;;-1;;. The fourth-order valence-electron chi connectivity index (χ4n) is 2.50. The van der Waals surface area contributed by atoms with Crippen LogP contribution in [0.4, 0.5) is 9.59 Å². The summed E-state index contributed by atoms with van der Waals surface area (Å²) in [6.45, 7) is 16.9. The molecule has 0 unspecified atom stereocenters. The van der Waals surface area contributed by atoms with Crippen molar-refractivity contribution in [1.29, 1.82) is 10.8 Å². The summed E-state index contributed by atoms with van der Waals surface area (Å²) in [5.41, 5.74) is -0.830. The van der Waals surface area contributed by atoms with Crippen molar-refractivity contribution in [3.63, 3.8) is 0 Å². The molecule has 198 valence electrons. The Balaban J connectivity index is -0.000000468. The summed E-state index contributed by atoms with van der Waals surface area (Å²) >= 11 is 0. The van der Waals surface area contributed by atoms with Crippen molar-refractivity contribution in [2.45, 2.75) is 52.7 Å². The fourth-order valence-corrected chi connectivity index (χ4v) is 2.50. The number of nitrogens with zero attached hydrogens (tertiary/aromatic N) is 3. The molecule has 11 nitrogen and oxygen atoms in total. The Kier molecular flexibility index (Phi) is 20.9. The first-order chi connectivity index (χ1) is 14.8. The maximum absolute atomic E-state index is 11.6. The zero-order valence-electron chi connectivity index (χ0n) is 21.4. The second kappa shape index (κ2) is 19.1. The van der Waals surface area contributed by atoms with Crippen LogP contribution in [0.2, 0.25) is 0 Å². The molecular formula is C21H40N6O5W2-2. The van der Waals surface area contributed by atoms with E-state index >= 15 is 0 Å². The van der Waals surface area contributed by atoms with E-state index in [9.17, 15) is 9.59 Å². The number of rotatable bonds is 2. The summed E-state index contributed by atoms with van der Waals surface area (Å²) in [6, 6.07) is 0. The van der Waals surface area contributed by atoms with Gasteiger partial charge >= 0.3 is 12.2 Å². The Labute approximate surface area is 233 Å². The second-order valence-electron chi connectivity index (χ2n) is 9.09. The summed E-state index contributed by atoms with van der Waals surface area (Å²) in [4.78, 5) is 28.3. The summed E-state index contributed by atoms with van der Waals surface area (Å²) in [5.74, 6) is 0. The van der Waals surface area contributed by atoms with Crippen molar-refractivity contribution >= 4 is 24.9 Å². The molecule has 0 radical (unpaired) electrons. The first-order valence-corrected chi connectivity index (χ1v) is 10.6. The molecule has 0 bridgehead atoms. The Bertz CT molecular complexity index is 585. The second-order valence-corrected chi connectivity index (χ2v) is 9.09. The summed E-state index contributed by atoms with van der Waals surface area (Å²) < 4.78 is 14.4. The van der Waals surface area contributed by atoms with Crippen LogP contribution in [0.3, 0.4) is 0 Å². The third-order valence-electron chi connectivity index (χ3n) is 3.96. The van der Waals surface area contributed by atoms with Crippen LogP contribution < -0.4 is 5.32 Å². The van der Waals surface area contributed by atoms with Crippen LogP contribution in [0.15, 0.2) is 0 Å². The molecule has 2 aliphatic heterocycles. The zero-order chi connectivity index (χ0) is 24.8. The third-order valence-corrected chi connectivity index (χ3v) is 3.96. The smallest absolute Gasteiger partial charge is 0.410 e. The normalized spacial score (nSPS) is 15.4. The van der Waals surface area contributed by atoms with Gasteiger partial charge < -0.3 is 51.4 Å². The van der Waals surface area contributed by atoms with Gasteiger partial charge in [0.25, 0.3) is 0 Å². The van der Waals surface area contributed by atoms with Crippen molar-refractivity contribution in [2.75, 3.05) is 59.5 Å². The van der Waals surface area contributed by atoms with Crippen molar-refractivity contribution in [1.82, 2.24) is 20.0 Å². The van der Waals surface area contributed by atoms with E-state index in [1.807, 2.05) is 41.5 Å². The van der Waals surface area contributed by atoms with E-state index in [0.29, 0.717) is 26.2 Å². The molecule has 0 atom stereocenters. The average molecular weight is 824 g/mol. The molecule has 0 aromatic carbocycles. The predicted octanol–water partition coefficient (Wildman–Crippen LogP) is 1.96. The van der Waals surface area contributed by atoms with Crippen LogP contribution in [-0.4, -0.2) is 110 Å². The summed E-state index contributed by atoms with van der Waals surface area (Å²) in [5, 5.41) is 16.1. The molecule has 0 aromatic heterocycles. The number of ether oxygens (including phenoxy) is 3. The quantitative estimate of drug-likeness (QED) is 0.221. The molecule has 34 heavy (non-hydrogen) atoms. The number of methoxy groups -OCH3 is 1. The van der Waals surface area contributed by atoms with Gasteiger partial charge in [-0.25, -0.2) is 16.0 Å². The molecule has 0 aliphatic carbocycles. The molecule has 2 amide bonds. The molecule has 0 spiro atoms. The Morgan fingerprint density at radius 2 is 1.12 bits per heavy atom. The minimum atomic E-state index is -0.443. The van der Waals surface area contributed by atoms with Crippen molar-refractivity contribution < 1.29 is 65.9 Å². The van der Waals surface area contributed by atoms with Gasteiger partial charge in [0, 0.05) is 102 Å². The van der Waals surface area contributed by atoms with Crippen LogP contribution in [0.25, 0.3) is 0 Å². The van der Waals surface area contributed by atoms with Crippen LogP contribution in [-0.2, 0) is 56.3 Å². The molecule has 13 heteroatoms. The van der Waals surface area contributed by atoms with E-state index in [1.54, 1.807) is 21.1 Å². The van der Waals surface area contributed by atoms with E-state index in [1.165, 1.54) is 7.11 Å². The van der Waals surface area contributed by atoms with Crippen molar-refractivity contribution in [3.05, 3.63) is 0 Å². The number of hydrogen-bond donors (Lipinski definition) is 3. The maximum atomic E-state index is 11.6. The van der Waals surface area contributed by atoms with Gasteiger partial charge in [-0.15, -0.1) is 0 Å². The molecule has 3 N–H and O–H groups in total. The summed E-state index contributed by atoms with van der Waals surface area (Å²) in [6.07, 6.45) is 3.53. The summed E-state index contributed by atoms with van der Waals surface area (Å²) in [7, 11) is 1.38. The maximum Gasteiger partial charge on any atom is 0.410 e. The van der Waals surface area contributed by atoms with Gasteiger partial charge in [-0.05, 0) is 41.5 Å². The Morgan fingerprint density at radius 1 is 0.765 bits per heavy atom. The number of hydrogen-bond acceptors (Lipinski definition) is 8. The molecule has 2 fully saturated rings.